The van der Waals surface area contributed by atoms with Crippen LogP contribution in [0.25, 0.3) is 0 Å². The molecule has 0 spiro atoms. The fourth-order valence-corrected chi connectivity index (χ4v) is 0. The molecule has 0 aliphatic rings. The third kappa shape index (κ3) is 410. The van der Waals surface area contributed by atoms with E-state index in [1.807, 2.05) is 0 Å². The number of halogens is 9. The van der Waals surface area contributed by atoms with Crippen molar-refractivity contribution in [1.29, 1.82) is 0 Å². The Hall–Kier alpha value is 1.62. The maximum atomic E-state index is 9.93. The average molecular weight is 374 g/mol. The zero-order chi connectivity index (χ0) is 9.99. The summed E-state index contributed by atoms with van der Waals surface area (Å²) in [4.78, 5) is 0. The Morgan fingerprint density at radius 3 is 0.727 bits per heavy atom. The van der Waals surface area contributed by atoms with Crippen LogP contribution >= 0.6 is 32.0 Å². The van der Waals surface area contributed by atoms with Crippen LogP contribution in [0.4, 0.5) is 16.9 Å². The van der Waals surface area contributed by atoms with Gasteiger partial charge in [0.15, 0.2) is 0 Å². The first-order valence-electron chi connectivity index (χ1n) is 1.48. The van der Waals surface area contributed by atoms with E-state index in [4.69, 9.17) is 32.0 Å². The summed E-state index contributed by atoms with van der Waals surface area (Å²) in [6.45, 7) is 0. The third-order valence-electron chi connectivity index (χ3n) is 0. The second-order valence-corrected chi connectivity index (χ2v) is 11.2. The Balaban J connectivity index is 0. The van der Waals surface area contributed by atoms with Crippen LogP contribution in [0, 0.1) is 0 Å². The molecule has 0 unspecified atom stereocenters. The van der Waals surface area contributed by atoms with Crippen LogP contribution in [0.3, 0.4) is 0 Å². The van der Waals surface area contributed by atoms with Crippen LogP contribution < -0.4 is 0 Å². The van der Waals surface area contributed by atoms with Crippen LogP contribution in [-0.2, 0) is 8.54 Å². The zero-order valence-electron chi connectivity index (χ0n) is 4.26. The van der Waals surface area contributed by atoms with Gasteiger partial charge >= 0.3 is 44.9 Å². The van der Waals surface area contributed by atoms with Crippen molar-refractivity contribution in [2.75, 3.05) is 0 Å². The molecule has 0 aromatic rings. The van der Waals surface area contributed by atoms with E-state index >= 15 is 0 Å². The van der Waals surface area contributed by atoms with Gasteiger partial charge in [0, 0.05) is 0 Å². The zero-order valence-corrected chi connectivity index (χ0v) is 9.89. The van der Waals surface area contributed by atoms with Crippen LogP contribution in [0.2, 0.25) is 0 Å². The van der Waals surface area contributed by atoms with Gasteiger partial charge in [0.25, 0.3) is 0 Å². The van der Waals surface area contributed by atoms with E-state index in [2.05, 4.69) is 0 Å². The first-order valence-corrected chi connectivity index (χ1v) is 11.0. The molecule has 74 valence electrons. The van der Waals surface area contributed by atoms with Crippen molar-refractivity contribution in [3.05, 3.63) is 0 Å². The number of hydrogen-bond acceptors (Lipinski definition) is 0. The first kappa shape index (κ1) is 15.1. The summed E-state index contributed by atoms with van der Waals surface area (Å²) in [5, 5.41) is 0. The standard InChI is InChI=1S/Cl3S.6FH.Sb/c1-4(2)3;;;;;;;/h;6*1H;/q+1;;;;;;;+5/p-6. The monoisotopic (exact) mass is 372 g/mol. The molecule has 0 saturated carbocycles. The Bertz CT molecular complexity index is 105. The van der Waals surface area contributed by atoms with Crippen molar-refractivity contribution in [2.45, 2.75) is 0 Å². The SMILES string of the molecule is Cl[S+](Cl)Cl.[F][Sb-]([F])([F])([F])([F])[F]. The molecule has 11 heavy (non-hydrogen) atoms. The second kappa shape index (κ2) is 3.40. The van der Waals surface area contributed by atoms with Crippen LogP contribution in [0.5, 0.6) is 0 Å². The number of rotatable bonds is 0. The topological polar surface area (TPSA) is 0 Å². The van der Waals surface area contributed by atoms with Gasteiger partial charge < -0.3 is 0 Å². The van der Waals surface area contributed by atoms with Crippen molar-refractivity contribution in [3.63, 3.8) is 0 Å². The average Bonchev–Trinajstić information content (AvgIpc) is 1.11. The van der Waals surface area contributed by atoms with Crippen molar-refractivity contribution < 1.29 is 16.9 Å². The number of hydrogen-bond donors (Lipinski definition) is 0. The van der Waals surface area contributed by atoms with Crippen molar-refractivity contribution in [3.8, 4) is 0 Å². The summed E-state index contributed by atoms with van der Waals surface area (Å²) in [6, 6.07) is 0. The van der Waals surface area contributed by atoms with Gasteiger partial charge in [-0.2, -0.15) is 0 Å². The van der Waals surface area contributed by atoms with E-state index in [1.165, 1.54) is 0 Å². The molecule has 0 N–H and O–H groups in total. The molecule has 0 aliphatic heterocycles. The van der Waals surface area contributed by atoms with Crippen molar-refractivity contribution in [1.82, 2.24) is 0 Å². The quantitative estimate of drug-likeness (QED) is 0.339. The van der Waals surface area contributed by atoms with Crippen LogP contribution in [0.1, 0.15) is 0 Å². The summed E-state index contributed by atoms with van der Waals surface area (Å²) >= 11 is -11.2. The fraction of sp³-hybridized carbons (Fsp3) is 0. The molecule has 0 bridgehead atoms. The molecule has 0 aromatic heterocycles. The molecule has 0 nitrogen and oxygen atoms in total. The molecule has 0 heterocycles. The van der Waals surface area contributed by atoms with E-state index in [1.54, 1.807) is 0 Å². The van der Waals surface area contributed by atoms with Crippen LogP contribution in [-0.4, -0.2) is 19.5 Å². The first-order chi connectivity index (χ1) is 4.18. The molecule has 11 heteroatoms. The van der Waals surface area contributed by atoms with E-state index < -0.39 is 28.0 Å². The van der Waals surface area contributed by atoms with Crippen LogP contribution in [0.15, 0.2) is 0 Å². The second-order valence-electron chi connectivity index (χ2n) is 1.13. The van der Waals surface area contributed by atoms with E-state index in [9.17, 15) is 16.9 Å². The van der Waals surface area contributed by atoms with E-state index in [0.29, 0.717) is 0 Å². The molecule has 0 saturated heterocycles. The Morgan fingerprint density at radius 1 is 0.727 bits per heavy atom. The summed E-state index contributed by atoms with van der Waals surface area (Å²) < 4.78 is 59.6. The van der Waals surface area contributed by atoms with Crippen molar-refractivity contribution in [2.24, 2.45) is 0 Å². The van der Waals surface area contributed by atoms with Gasteiger partial charge in [-0.15, -0.1) is 0 Å². The van der Waals surface area contributed by atoms with Gasteiger partial charge in [0.2, 0.25) is 32.0 Å². The summed E-state index contributed by atoms with van der Waals surface area (Å²) in [7, 11) is 13.6. The predicted octanol–water partition coefficient (Wildman–Crippen LogP) is 4.21. The molecule has 0 aliphatic carbocycles. The Kier molecular flexibility index (Phi) is 4.67. The van der Waals surface area contributed by atoms with E-state index in [-0.39, 0.29) is 0 Å². The van der Waals surface area contributed by atoms with Crippen molar-refractivity contribution >= 4 is 60.1 Å². The van der Waals surface area contributed by atoms with E-state index in [0.717, 1.165) is 0 Å². The summed E-state index contributed by atoms with van der Waals surface area (Å²) in [6.07, 6.45) is 0. The fourth-order valence-electron chi connectivity index (χ4n) is 0. The molecular formula is Cl3F6SSb. The molecule has 0 radical (unpaired) electrons. The molecule has 0 amide bonds. The maximum absolute atomic E-state index is 11.2. The Morgan fingerprint density at radius 2 is 0.727 bits per heavy atom. The van der Waals surface area contributed by atoms with Gasteiger partial charge in [0.05, 0.1) is 0 Å². The normalized spacial score (nSPS) is 18.0. The van der Waals surface area contributed by atoms with Gasteiger partial charge in [-0.05, 0) is 0 Å². The minimum atomic E-state index is -11.2. The molecule has 0 atom stereocenters. The molecule has 0 fully saturated rings. The molecular weight excluding hydrogens is 374 g/mol. The van der Waals surface area contributed by atoms with Gasteiger partial charge in [-0.25, -0.2) is 0 Å². The predicted molar refractivity (Wildman–Crippen MR) is 37.3 cm³/mol. The summed E-state index contributed by atoms with van der Waals surface area (Å²) in [5.41, 5.74) is 0. The molecule has 0 rings (SSSR count). The van der Waals surface area contributed by atoms with Gasteiger partial charge in [-0.1, -0.05) is 0 Å². The third-order valence-corrected chi connectivity index (χ3v) is 0. The molecule has 0 aromatic carbocycles. The van der Waals surface area contributed by atoms with Gasteiger partial charge in [-0.3, -0.25) is 0 Å². The summed E-state index contributed by atoms with van der Waals surface area (Å²) in [5.74, 6) is 0. The minimum absolute atomic E-state index is 0.944. The Labute approximate surface area is 76.5 Å². The van der Waals surface area contributed by atoms with Gasteiger partial charge in [0.1, 0.15) is 0 Å².